The fourth-order valence-corrected chi connectivity index (χ4v) is 12.4. The second kappa shape index (κ2) is 10.3. The summed E-state index contributed by atoms with van der Waals surface area (Å²) in [5.41, 5.74) is 2.90. The second-order valence-electron chi connectivity index (χ2n) is 12.7. The van der Waals surface area contributed by atoms with Crippen LogP contribution in [0.3, 0.4) is 0 Å². The number of epoxide rings is 1. The Morgan fingerprint density at radius 2 is 1.50 bits per heavy atom. The molecule has 1 aliphatic heterocycles. The summed E-state index contributed by atoms with van der Waals surface area (Å²) in [6, 6.07) is 28.9. The van der Waals surface area contributed by atoms with E-state index in [9.17, 15) is 0 Å². The van der Waals surface area contributed by atoms with Crippen molar-refractivity contribution in [1.82, 2.24) is 0 Å². The van der Waals surface area contributed by atoms with Gasteiger partial charge in [0, 0.05) is 6.10 Å². The minimum Gasteiger partial charge on any atom is -0.496 e. The van der Waals surface area contributed by atoms with Crippen LogP contribution in [0.4, 0.5) is 0 Å². The molecule has 1 saturated heterocycles. The van der Waals surface area contributed by atoms with Crippen molar-refractivity contribution < 1.29 is 13.9 Å². The molecule has 1 heterocycles. The van der Waals surface area contributed by atoms with Gasteiger partial charge in [0.2, 0.25) is 0 Å². The SMILES string of the molecule is COc1cccc2c1C[C@H]1C[C@@H](O[Si](c3ccccc3)(c3ccccc3)C(C)(C)C)[C@H](CCC3CO3)[C@H]1C2. The largest absolute Gasteiger partial charge is 0.496 e. The predicted octanol–water partition coefficient (Wildman–Crippen LogP) is 6.17. The molecule has 4 heteroatoms. The summed E-state index contributed by atoms with van der Waals surface area (Å²) < 4.78 is 19.3. The Hall–Kier alpha value is -2.40. The molecular weight excluding hydrogens is 484 g/mol. The van der Waals surface area contributed by atoms with Gasteiger partial charge in [0.05, 0.1) is 19.8 Å². The van der Waals surface area contributed by atoms with Crippen molar-refractivity contribution in [3.8, 4) is 5.75 Å². The maximum Gasteiger partial charge on any atom is 0.261 e. The number of rotatable bonds is 8. The van der Waals surface area contributed by atoms with Gasteiger partial charge in [0.25, 0.3) is 8.32 Å². The van der Waals surface area contributed by atoms with Crippen LogP contribution in [0.5, 0.6) is 5.75 Å². The summed E-state index contributed by atoms with van der Waals surface area (Å²) in [4.78, 5) is 0. The van der Waals surface area contributed by atoms with Crippen molar-refractivity contribution in [2.75, 3.05) is 13.7 Å². The zero-order valence-electron chi connectivity index (χ0n) is 23.4. The third-order valence-electron chi connectivity index (χ3n) is 9.51. The van der Waals surface area contributed by atoms with Gasteiger partial charge in [-0.15, -0.1) is 0 Å². The molecule has 3 aromatic carbocycles. The summed E-state index contributed by atoms with van der Waals surface area (Å²) >= 11 is 0. The van der Waals surface area contributed by atoms with Crippen molar-refractivity contribution >= 4 is 18.7 Å². The Bertz CT molecular complexity index is 1190. The smallest absolute Gasteiger partial charge is 0.261 e. The Kier molecular flexibility index (Phi) is 7.00. The zero-order chi connectivity index (χ0) is 26.3. The average molecular weight is 527 g/mol. The van der Waals surface area contributed by atoms with Gasteiger partial charge in [-0.2, -0.15) is 0 Å². The Morgan fingerprint density at radius 1 is 0.842 bits per heavy atom. The van der Waals surface area contributed by atoms with Crippen LogP contribution in [-0.2, 0) is 22.0 Å². The van der Waals surface area contributed by atoms with Crippen LogP contribution >= 0.6 is 0 Å². The molecule has 200 valence electrons. The van der Waals surface area contributed by atoms with Gasteiger partial charge in [0.1, 0.15) is 5.75 Å². The highest BCUT2D eigenvalue weighted by molar-refractivity contribution is 6.99. The fourth-order valence-electron chi connectivity index (χ4n) is 7.63. The normalized spacial score (nSPS) is 26.5. The van der Waals surface area contributed by atoms with Crippen LogP contribution in [0.2, 0.25) is 5.04 Å². The van der Waals surface area contributed by atoms with Crippen molar-refractivity contribution in [2.45, 2.75) is 70.1 Å². The first-order valence-electron chi connectivity index (χ1n) is 14.5. The molecule has 0 N–H and O–H groups in total. The van der Waals surface area contributed by atoms with Gasteiger partial charge in [0.15, 0.2) is 0 Å². The van der Waals surface area contributed by atoms with E-state index in [1.165, 1.54) is 27.9 Å². The lowest BCUT2D eigenvalue weighted by Crippen LogP contribution is -2.68. The van der Waals surface area contributed by atoms with Gasteiger partial charge in [-0.3, -0.25) is 0 Å². The number of hydrogen-bond acceptors (Lipinski definition) is 3. The van der Waals surface area contributed by atoms with E-state index < -0.39 is 8.32 Å². The molecule has 0 amide bonds. The maximum absolute atomic E-state index is 7.82. The van der Waals surface area contributed by atoms with E-state index in [1.807, 2.05) is 7.11 Å². The summed E-state index contributed by atoms with van der Waals surface area (Å²) in [5.74, 6) is 2.88. The molecule has 2 fully saturated rings. The molecule has 1 unspecified atom stereocenters. The topological polar surface area (TPSA) is 31.0 Å². The third kappa shape index (κ3) is 4.65. The third-order valence-corrected chi connectivity index (χ3v) is 14.6. The first-order valence-corrected chi connectivity index (χ1v) is 16.4. The quantitative estimate of drug-likeness (QED) is 0.260. The highest BCUT2D eigenvalue weighted by Crippen LogP contribution is 2.51. The average Bonchev–Trinajstić information content (AvgIpc) is 3.70. The lowest BCUT2D eigenvalue weighted by Gasteiger charge is -2.46. The summed E-state index contributed by atoms with van der Waals surface area (Å²) in [5, 5.41) is 2.74. The molecule has 0 aromatic heterocycles. The van der Waals surface area contributed by atoms with Crippen LogP contribution in [0.1, 0.15) is 51.2 Å². The number of benzene rings is 3. The number of ether oxygens (including phenoxy) is 2. The van der Waals surface area contributed by atoms with Gasteiger partial charge in [-0.1, -0.05) is 93.6 Å². The Morgan fingerprint density at radius 3 is 2.08 bits per heavy atom. The van der Waals surface area contributed by atoms with Gasteiger partial charge in [-0.05, 0) is 82.5 Å². The van der Waals surface area contributed by atoms with E-state index in [-0.39, 0.29) is 11.1 Å². The van der Waals surface area contributed by atoms with Gasteiger partial charge >= 0.3 is 0 Å². The molecule has 3 aromatic rings. The zero-order valence-corrected chi connectivity index (χ0v) is 24.4. The standard InChI is InChI=1S/C34H42O3Si/c1-34(2,3)38(27-13-7-5-8-14-27,28-15-9-6-10-16-28)37-33-22-25-21-31-24(12-11-17-32(31)35-4)20-30(25)29(33)19-18-26-23-36-26/h5-17,25-26,29-30,33H,18-23H2,1-4H3/t25-,26?,29+,30-,33+/m0/s1. The first-order chi connectivity index (χ1) is 18.4. The molecular formula is C34H42O3Si. The van der Waals surface area contributed by atoms with Gasteiger partial charge in [-0.25, -0.2) is 0 Å². The molecule has 3 aliphatic rings. The van der Waals surface area contributed by atoms with Crippen LogP contribution in [0, 0.1) is 17.8 Å². The molecule has 2 aliphatic carbocycles. The lowest BCUT2D eigenvalue weighted by molar-refractivity contribution is 0.120. The maximum atomic E-state index is 7.82. The minimum atomic E-state index is -2.61. The molecule has 5 atom stereocenters. The van der Waals surface area contributed by atoms with E-state index >= 15 is 0 Å². The Balaban J connectivity index is 1.40. The summed E-state index contributed by atoms with van der Waals surface area (Å²) in [7, 11) is -0.805. The summed E-state index contributed by atoms with van der Waals surface area (Å²) in [6.07, 6.45) is 6.40. The van der Waals surface area contributed by atoms with Crippen LogP contribution in [-0.4, -0.2) is 34.2 Å². The van der Waals surface area contributed by atoms with E-state index in [0.29, 0.717) is 23.9 Å². The Labute approximate surface area is 229 Å². The molecule has 3 nitrogen and oxygen atoms in total. The minimum absolute atomic E-state index is 0.0141. The molecule has 1 saturated carbocycles. The molecule has 38 heavy (non-hydrogen) atoms. The van der Waals surface area contributed by atoms with Crippen LogP contribution < -0.4 is 15.1 Å². The van der Waals surface area contributed by atoms with E-state index in [0.717, 1.165) is 38.0 Å². The molecule has 0 spiro atoms. The highest BCUT2D eigenvalue weighted by atomic mass is 28.4. The summed E-state index contributed by atoms with van der Waals surface area (Å²) in [6.45, 7) is 8.13. The molecule has 6 rings (SSSR count). The van der Waals surface area contributed by atoms with E-state index in [4.69, 9.17) is 13.9 Å². The van der Waals surface area contributed by atoms with Crippen molar-refractivity contribution in [3.05, 3.63) is 90.0 Å². The van der Waals surface area contributed by atoms with Crippen LogP contribution in [0.25, 0.3) is 0 Å². The number of methoxy groups -OCH3 is 1. The monoisotopic (exact) mass is 526 g/mol. The first kappa shape index (κ1) is 25.9. The van der Waals surface area contributed by atoms with E-state index in [2.05, 4.69) is 99.6 Å². The highest BCUT2D eigenvalue weighted by Gasteiger charge is 2.55. The van der Waals surface area contributed by atoms with Crippen molar-refractivity contribution in [2.24, 2.45) is 17.8 Å². The fraction of sp³-hybridized carbons (Fsp3) is 0.471. The van der Waals surface area contributed by atoms with Crippen molar-refractivity contribution in [3.63, 3.8) is 0 Å². The van der Waals surface area contributed by atoms with E-state index in [1.54, 1.807) is 0 Å². The van der Waals surface area contributed by atoms with Gasteiger partial charge < -0.3 is 13.9 Å². The second-order valence-corrected chi connectivity index (χ2v) is 16.9. The number of fused-ring (bicyclic) bond motifs is 2. The molecule has 0 bridgehead atoms. The molecule has 0 radical (unpaired) electrons. The lowest BCUT2D eigenvalue weighted by atomic mass is 9.73. The van der Waals surface area contributed by atoms with Crippen molar-refractivity contribution in [1.29, 1.82) is 0 Å². The predicted molar refractivity (Wildman–Crippen MR) is 157 cm³/mol. The van der Waals surface area contributed by atoms with Crippen LogP contribution in [0.15, 0.2) is 78.9 Å². The number of hydrogen-bond donors (Lipinski definition) is 0.